The first kappa shape index (κ1) is 12.4. The Hall–Kier alpha value is -1.06. The fourth-order valence-corrected chi connectivity index (χ4v) is 2.23. The van der Waals surface area contributed by atoms with Gasteiger partial charge >= 0.3 is 0 Å². The molecule has 1 aromatic carbocycles. The third-order valence-corrected chi connectivity index (χ3v) is 3.05. The van der Waals surface area contributed by atoms with Crippen molar-refractivity contribution in [3.63, 3.8) is 0 Å². The van der Waals surface area contributed by atoms with Crippen molar-refractivity contribution >= 4 is 0 Å². The van der Waals surface area contributed by atoms with Gasteiger partial charge in [-0.25, -0.2) is 0 Å². The van der Waals surface area contributed by atoms with Crippen LogP contribution in [-0.4, -0.2) is 26.6 Å². The second kappa shape index (κ2) is 6.03. The van der Waals surface area contributed by atoms with E-state index in [1.807, 2.05) is 19.1 Å². The summed E-state index contributed by atoms with van der Waals surface area (Å²) in [6, 6.07) is 8.23. The van der Waals surface area contributed by atoms with Crippen LogP contribution in [-0.2, 0) is 15.9 Å². The topological polar surface area (TPSA) is 27.7 Å². The molecule has 2 unspecified atom stereocenters. The summed E-state index contributed by atoms with van der Waals surface area (Å²) in [5, 5.41) is 0. The minimum Gasteiger partial charge on any atom is -0.497 e. The fourth-order valence-electron chi connectivity index (χ4n) is 2.23. The third-order valence-electron chi connectivity index (χ3n) is 3.05. The summed E-state index contributed by atoms with van der Waals surface area (Å²) < 4.78 is 16.3. The standard InChI is InChI=1S/C14H20O3/c1-3-16-14-9-12(10-17-14)7-11-5-4-6-13(8-11)15-2/h4-6,8,12,14H,3,7,9-10H2,1-2H3. The Labute approximate surface area is 103 Å². The van der Waals surface area contributed by atoms with Crippen LogP contribution >= 0.6 is 0 Å². The van der Waals surface area contributed by atoms with Gasteiger partial charge in [0.05, 0.1) is 13.7 Å². The molecule has 0 N–H and O–H groups in total. The first-order valence-corrected chi connectivity index (χ1v) is 6.18. The number of methoxy groups -OCH3 is 1. The van der Waals surface area contributed by atoms with E-state index in [0.29, 0.717) is 5.92 Å². The predicted molar refractivity (Wildman–Crippen MR) is 66.2 cm³/mol. The summed E-state index contributed by atoms with van der Waals surface area (Å²) in [5.41, 5.74) is 1.30. The lowest BCUT2D eigenvalue weighted by Crippen LogP contribution is -2.10. The van der Waals surface area contributed by atoms with Crippen molar-refractivity contribution in [3.05, 3.63) is 29.8 Å². The molecule has 1 heterocycles. The summed E-state index contributed by atoms with van der Waals surface area (Å²) in [6.45, 7) is 3.51. The molecule has 0 saturated carbocycles. The van der Waals surface area contributed by atoms with E-state index in [4.69, 9.17) is 14.2 Å². The highest BCUT2D eigenvalue weighted by atomic mass is 16.7. The summed E-state index contributed by atoms with van der Waals surface area (Å²) in [4.78, 5) is 0. The first-order chi connectivity index (χ1) is 8.31. The fraction of sp³-hybridized carbons (Fsp3) is 0.571. The van der Waals surface area contributed by atoms with Crippen molar-refractivity contribution in [1.29, 1.82) is 0 Å². The van der Waals surface area contributed by atoms with E-state index >= 15 is 0 Å². The highest BCUT2D eigenvalue weighted by Crippen LogP contribution is 2.25. The van der Waals surface area contributed by atoms with E-state index in [9.17, 15) is 0 Å². The van der Waals surface area contributed by atoms with Crippen LogP contribution in [0.4, 0.5) is 0 Å². The Balaban J connectivity index is 1.88. The molecule has 1 saturated heterocycles. The molecule has 17 heavy (non-hydrogen) atoms. The number of benzene rings is 1. The molecule has 94 valence electrons. The van der Waals surface area contributed by atoms with Crippen molar-refractivity contribution < 1.29 is 14.2 Å². The molecule has 2 rings (SSSR count). The zero-order valence-electron chi connectivity index (χ0n) is 10.5. The van der Waals surface area contributed by atoms with Gasteiger partial charge < -0.3 is 14.2 Å². The lowest BCUT2D eigenvalue weighted by Gasteiger charge is -2.10. The molecule has 0 bridgehead atoms. The quantitative estimate of drug-likeness (QED) is 0.786. The van der Waals surface area contributed by atoms with Crippen molar-refractivity contribution in [2.24, 2.45) is 5.92 Å². The number of rotatable bonds is 5. The van der Waals surface area contributed by atoms with Crippen molar-refractivity contribution in [1.82, 2.24) is 0 Å². The molecule has 1 aromatic rings. The van der Waals surface area contributed by atoms with Crippen molar-refractivity contribution in [3.8, 4) is 5.75 Å². The van der Waals surface area contributed by atoms with Crippen LogP contribution in [0, 0.1) is 5.92 Å². The molecule has 1 aliphatic rings. The third kappa shape index (κ3) is 3.45. The Morgan fingerprint density at radius 1 is 1.41 bits per heavy atom. The Kier molecular flexibility index (Phi) is 4.40. The average molecular weight is 236 g/mol. The molecule has 0 aromatic heterocycles. The molecular weight excluding hydrogens is 216 g/mol. The smallest absolute Gasteiger partial charge is 0.157 e. The summed E-state index contributed by atoms with van der Waals surface area (Å²) in [7, 11) is 1.70. The second-order valence-corrected chi connectivity index (χ2v) is 4.38. The van der Waals surface area contributed by atoms with Gasteiger partial charge in [0.1, 0.15) is 5.75 Å². The van der Waals surface area contributed by atoms with Gasteiger partial charge in [-0.05, 0) is 37.0 Å². The van der Waals surface area contributed by atoms with E-state index in [2.05, 4.69) is 12.1 Å². The zero-order chi connectivity index (χ0) is 12.1. The molecule has 0 radical (unpaired) electrons. The maximum atomic E-state index is 5.58. The Morgan fingerprint density at radius 2 is 2.29 bits per heavy atom. The van der Waals surface area contributed by atoms with Crippen LogP contribution in [0.2, 0.25) is 0 Å². The normalized spacial score (nSPS) is 23.9. The number of ether oxygens (including phenoxy) is 3. The van der Waals surface area contributed by atoms with Crippen LogP contribution in [0.1, 0.15) is 18.9 Å². The molecule has 3 heteroatoms. The molecule has 0 amide bonds. The van der Waals surface area contributed by atoms with Crippen LogP contribution in [0.3, 0.4) is 0 Å². The van der Waals surface area contributed by atoms with E-state index in [1.165, 1.54) is 5.56 Å². The van der Waals surface area contributed by atoms with Gasteiger partial charge in [0, 0.05) is 13.0 Å². The minimum atomic E-state index is -0.00407. The maximum absolute atomic E-state index is 5.58. The summed E-state index contributed by atoms with van der Waals surface area (Å²) in [5.74, 6) is 1.47. The summed E-state index contributed by atoms with van der Waals surface area (Å²) >= 11 is 0. The largest absolute Gasteiger partial charge is 0.497 e. The molecule has 1 aliphatic heterocycles. The Bertz CT molecular complexity index is 351. The molecule has 0 spiro atoms. The highest BCUT2D eigenvalue weighted by molar-refractivity contribution is 5.28. The van der Waals surface area contributed by atoms with E-state index < -0.39 is 0 Å². The molecule has 1 fully saturated rings. The number of hydrogen-bond acceptors (Lipinski definition) is 3. The lowest BCUT2D eigenvalue weighted by atomic mass is 9.98. The summed E-state index contributed by atoms with van der Waals surface area (Å²) in [6.07, 6.45) is 2.02. The molecular formula is C14H20O3. The van der Waals surface area contributed by atoms with Gasteiger partial charge in [-0.2, -0.15) is 0 Å². The monoisotopic (exact) mass is 236 g/mol. The van der Waals surface area contributed by atoms with Crippen LogP contribution in [0.5, 0.6) is 5.75 Å². The molecule has 3 nitrogen and oxygen atoms in total. The van der Waals surface area contributed by atoms with Gasteiger partial charge in [0.2, 0.25) is 0 Å². The maximum Gasteiger partial charge on any atom is 0.157 e. The van der Waals surface area contributed by atoms with Gasteiger partial charge in [-0.15, -0.1) is 0 Å². The van der Waals surface area contributed by atoms with E-state index in [1.54, 1.807) is 7.11 Å². The van der Waals surface area contributed by atoms with Gasteiger partial charge in [-0.1, -0.05) is 12.1 Å². The van der Waals surface area contributed by atoms with Crippen molar-refractivity contribution in [2.75, 3.05) is 20.3 Å². The predicted octanol–water partition coefficient (Wildman–Crippen LogP) is 2.64. The van der Waals surface area contributed by atoms with Gasteiger partial charge in [0.15, 0.2) is 6.29 Å². The zero-order valence-corrected chi connectivity index (χ0v) is 10.5. The number of hydrogen-bond donors (Lipinski definition) is 0. The van der Waals surface area contributed by atoms with Crippen LogP contribution < -0.4 is 4.74 Å². The SMILES string of the molecule is CCOC1CC(Cc2cccc(OC)c2)CO1. The minimum absolute atomic E-state index is 0.00407. The van der Waals surface area contributed by atoms with Gasteiger partial charge in [-0.3, -0.25) is 0 Å². The van der Waals surface area contributed by atoms with E-state index in [-0.39, 0.29) is 6.29 Å². The van der Waals surface area contributed by atoms with Gasteiger partial charge in [0.25, 0.3) is 0 Å². The lowest BCUT2D eigenvalue weighted by molar-refractivity contribution is -0.106. The average Bonchev–Trinajstić information content (AvgIpc) is 2.77. The Morgan fingerprint density at radius 3 is 3.06 bits per heavy atom. The van der Waals surface area contributed by atoms with Crippen LogP contribution in [0.25, 0.3) is 0 Å². The first-order valence-electron chi connectivity index (χ1n) is 6.18. The van der Waals surface area contributed by atoms with Crippen molar-refractivity contribution in [2.45, 2.75) is 26.1 Å². The molecule has 0 aliphatic carbocycles. The van der Waals surface area contributed by atoms with Crippen LogP contribution in [0.15, 0.2) is 24.3 Å². The molecule has 2 atom stereocenters. The second-order valence-electron chi connectivity index (χ2n) is 4.38. The van der Waals surface area contributed by atoms with E-state index in [0.717, 1.165) is 31.8 Å². The highest BCUT2D eigenvalue weighted by Gasteiger charge is 2.25.